The molecule has 1 aromatic carbocycles. The van der Waals surface area contributed by atoms with E-state index >= 15 is 0 Å². The van der Waals surface area contributed by atoms with E-state index in [1.54, 1.807) is 0 Å². The molecule has 120 valence electrons. The number of hydrogen-bond acceptors (Lipinski definition) is 4. The minimum atomic E-state index is -0.606. The van der Waals surface area contributed by atoms with Gasteiger partial charge in [-0.2, -0.15) is 5.26 Å². The zero-order valence-electron chi connectivity index (χ0n) is 14.4. The first-order valence-corrected chi connectivity index (χ1v) is 7.36. The Bertz CT molecular complexity index is 573. The topological polar surface area (TPSA) is 59.4 Å². The Morgan fingerprint density at radius 1 is 1.23 bits per heavy atom. The SMILES string of the molecule is CC(=O)Nc1cc(N(C)CCN(C)C)cc(C(C)(C)C#N)c1. The number of nitrogens with one attached hydrogen (secondary N) is 1. The third-order valence-corrected chi connectivity index (χ3v) is 3.56. The van der Waals surface area contributed by atoms with E-state index in [2.05, 4.69) is 21.2 Å². The molecule has 0 bridgehead atoms. The van der Waals surface area contributed by atoms with Crippen molar-refractivity contribution in [3.05, 3.63) is 23.8 Å². The summed E-state index contributed by atoms with van der Waals surface area (Å²) in [7, 11) is 6.08. The maximum Gasteiger partial charge on any atom is 0.221 e. The Labute approximate surface area is 133 Å². The predicted octanol–water partition coefficient (Wildman–Crippen LogP) is 2.44. The number of benzene rings is 1. The summed E-state index contributed by atoms with van der Waals surface area (Å²) in [5, 5.41) is 12.2. The van der Waals surface area contributed by atoms with Crippen LogP contribution in [0.15, 0.2) is 18.2 Å². The van der Waals surface area contributed by atoms with Crippen LogP contribution in [0.4, 0.5) is 11.4 Å². The molecule has 0 saturated heterocycles. The van der Waals surface area contributed by atoms with Gasteiger partial charge >= 0.3 is 0 Å². The normalized spacial score (nSPS) is 11.2. The van der Waals surface area contributed by atoms with Crippen LogP contribution in [0.2, 0.25) is 0 Å². The summed E-state index contributed by atoms with van der Waals surface area (Å²) in [6.07, 6.45) is 0. The van der Waals surface area contributed by atoms with E-state index in [0.29, 0.717) is 0 Å². The maximum atomic E-state index is 11.3. The molecule has 0 fully saturated rings. The first-order valence-electron chi connectivity index (χ1n) is 7.36. The largest absolute Gasteiger partial charge is 0.373 e. The number of nitrogens with zero attached hydrogens (tertiary/aromatic N) is 3. The fourth-order valence-corrected chi connectivity index (χ4v) is 2.01. The van der Waals surface area contributed by atoms with E-state index in [4.69, 9.17) is 0 Å². The molecule has 1 amide bonds. The first-order chi connectivity index (χ1) is 10.2. The van der Waals surface area contributed by atoms with E-state index in [1.807, 2.05) is 53.2 Å². The van der Waals surface area contributed by atoms with Crippen LogP contribution in [-0.4, -0.2) is 45.0 Å². The molecule has 0 radical (unpaired) electrons. The Morgan fingerprint density at radius 3 is 2.36 bits per heavy atom. The van der Waals surface area contributed by atoms with E-state index in [0.717, 1.165) is 30.0 Å². The quantitative estimate of drug-likeness (QED) is 0.877. The van der Waals surface area contributed by atoms with Gasteiger partial charge in [0, 0.05) is 38.4 Å². The van der Waals surface area contributed by atoms with Crippen LogP contribution >= 0.6 is 0 Å². The summed E-state index contributed by atoms with van der Waals surface area (Å²) in [5.41, 5.74) is 2.01. The summed E-state index contributed by atoms with van der Waals surface area (Å²) < 4.78 is 0. The van der Waals surface area contributed by atoms with Gasteiger partial charge in [0.2, 0.25) is 5.91 Å². The van der Waals surface area contributed by atoms with Crippen molar-refractivity contribution < 1.29 is 4.79 Å². The van der Waals surface area contributed by atoms with Gasteiger partial charge in [-0.1, -0.05) is 0 Å². The fraction of sp³-hybridized carbons (Fsp3) is 0.529. The van der Waals surface area contributed by atoms with Crippen LogP contribution in [0.5, 0.6) is 0 Å². The highest BCUT2D eigenvalue weighted by atomic mass is 16.1. The summed E-state index contributed by atoms with van der Waals surface area (Å²) in [6, 6.07) is 8.14. The zero-order chi connectivity index (χ0) is 16.9. The molecular formula is C17H26N4O. The second-order valence-electron chi connectivity index (χ2n) is 6.41. The average Bonchev–Trinajstić information content (AvgIpc) is 2.43. The molecule has 22 heavy (non-hydrogen) atoms. The van der Waals surface area contributed by atoms with Crippen LogP contribution in [0.1, 0.15) is 26.3 Å². The monoisotopic (exact) mass is 302 g/mol. The molecule has 0 unspecified atom stereocenters. The number of carbonyl (C=O) groups is 1. The van der Waals surface area contributed by atoms with Crippen molar-refractivity contribution >= 4 is 17.3 Å². The number of carbonyl (C=O) groups excluding carboxylic acids is 1. The van der Waals surface area contributed by atoms with E-state index < -0.39 is 5.41 Å². The Kier molecular flexibility index (Phi) is 5.95. The molecule has 5 heteroatoms. The van der Waals surface area contributed by atoms with Crippen LogP contribution < -0.4 is 10.2 Å². The lowest BCUT2D eigenvalue weighted by molar-refractivity contribution is -0.114. The predicted molar refractivity (Wildman–Crippen MR) is 91.2 cm³/mol. The molecule has 1 aromatic rings. The number of amides is 1. The second-order valence-corrected chi connectivity index (χ2v) is 6.41. The van der Waals surface area contributed by atoms with E-state index in [9.17, 15) is 10.1 Å². The van der Waals surface area contributed by atoms with Gasteiger partial charge in [-0.15, -0.1) is 0 Å². The smallest absolute Gasteiger partial charge is 0.221 e. The van der Waals surface area contributed by atoms with Crippen molar-refractivity contribution in [1.82, 2.24) is 4.90 Å². The molecule has 0 aliphatic heterocycles. The van der Waals surface area contributed by atoms with Gasteiger partial charge < -0.3 is 15.1 Å². The average molecular weight is 302 g/mol. The Balaban J connectivity index is 3.18. The maximum absolute atomic E-state index is 11.3. The van der Waals surface area contributed by atoms with Crippen molar-refractivity contribution in [3.8, 4) is 6.07 Å². The molecule has 0 spiro atoms. The molecule has 1 rings (SSSR count). The molecular weight excluding hydrogens is 276 g/mol. The van der Waals surface area contributed by atoms with Crippen molar-refractivity contribution in [2.75, 3.05) is 44.4 Å². The van der Waals surface area contributed by atoms with Gasteiger partial charge in [-0.3, -0.25) is 4.79 Å². The Hall–Kier alpha value is -2.06. The van der Waals surface area contributed by atoms with E-state index in [1.165, 1.54) is 6.92 Å². The molecule has 0 atom stereocenters. The number of nitriles is 1. The van der Waals surface area contributed by atoms with Crippen LogP contribution in [0, 0.1) is 11.3 Å². The highest BCUT2D eigenvalue weighted by Crippen LogP contribution is 2.30. The first kappa shape index (κ1) is 18.0. The summed E-state index contributed by atoms with van der Waals surface area (Å²) in [6.45, 7) is 7.03. The van der Waals surface area contributed by atoms with Crippen LogP contribution in [-0.2, 0) is 10.2 Å². The second kappa shape index (κ2) is 7.28. The lowest BCUT2D eigenvalue weighted by atomic mass is 9.85. The number of likely N-dealkylation sites (N-methyl/N-ethyl adjacent to an activating group) is 2. The van der Waals surface area contributed by atoms with Crippen molar-refractivity contribution in [1.29, 1.82) is 5.26 Å². The fourth-order valence-electron chi connectivity index (χ4n) is 2.01. The lowest BCUT2D eigenvalue weighted by Gasteiger charge is -2.25. The zero-order valence-corrected chi connectivity index (χ0v) is 14.4. The third-order valence-electron chi connectivity index (χ3n) is 3.56. The summed E-state index contributed by atoms with van der Waals surface area (Å²) >= 11 is 0. The molecule has 0 heterocycles. The van der Waals surface area contributed by atoms with E-state index in [-0.39, 0.29) is 5.91 Å². The molecule has 1 N–H and O–H groups in total. The molecule has 0 aliphatic rings. The van der Waals surface area contributed by atoms with Gasteiger partial charge in [-0.05, 0) is 51.7 Å². The van der Waals surface area contributed by atoms with Crippen LogP contribution in [0.3, 0.4) is 0 Å². The summed E-state index contributed by atoms with van der Waals surface area (Å²) in [4.78, 5) is 15.6. The lowest BCUT2D eigenvalue weighted by Crippen LogP contribution is -2.29. The Morgan fingerprint density at radius 2 is 1.86 bits per heavy atom. The molecule has 0 saturated carbocycles. The third kappa shape index (κ3) is 5.05. The highest BCUT2D eigenvalue weighted by Gasteiger charge is 2.21. The van der Waals surface area contributed by atoms with Gasteiger partial charge in [0.1, 0.15) is 0 Å². The van der Waals surface area contributed by atoms with Crippen LogP contribution in [0.25, 0.3) is 0 Å². The van der Waals surface area contributed by atoms with Crippen molar-refractivity contribution in [2.45, 2.75) is 26.2 Å². The van der Waals surface area contributed by atoms with Gasteiger partial charge in [0.25, 0.3) is 0 Å². The highest BCUT2D eigenvalue weighted by molar-refractivity contribution is 5.89. The number of hydrogen-bond donors (Lipinski definition) is 1. The molecule has 5 nitrogen and oxygen atoms in total. The minimum Gasteiger partial charge on any atom is -0.373 e. The number of anilines is 2. The minimum absolute atomic E-state index is 0.117. The van der Waals surface area contributed by atoms with Crippen molar-refractivity contribution in [2.24, 2.45) is 0 Å². The van der Waals surface area contributed by atoms with Gasteiger partial charge in [0.15, 0.2) is 0 Å². The summed E-state index contributed by atoms with van der Waals surface area (Å²) in [5.74, 6) is -0.117. The van der Waals surface area contributed by atoms with Gasteiger partial charge in [0.05, 0.1) is 11.5 Å². The van der Waals surface area contributed by atoms with Gasteiger partial charge in [-0.25, -0.2) is 0 Å². The molecule has 0 aliphatic carbocycles. The molecule has 0 aromatic heterocycles. The van der Waals surface area contributed by atoms with Crippen molar-refractivity contribution in [3.63, 3.8) is 0 Å². The standard InChI is InChI=1S/C17H26N4O/c1-13(22)19-15-9-14(17(2,3)12-18)10-16(11-15)21(6)8-7-20(4)5/h9-11H,7-8H2,1-6H3,(H,19,22). The number of rotatable bonds is 6.